The molecular weight excluding hydrogens is 244 g/mol. The number of oxazole rings is 1. The Labute approximate surface area is 100 Å². The summed E-state index contributed by atoms with van der Waals surface area (Å²) in [4.78, 5) is 14.7. The molecule has 1 aromatic carbocycles. The molecule has 2 aromatic rings. The number of nitrogens with zero attached hydrogens (tertiary/aromatic N) is 2. The lowest BCUT2D eigenvalue weighted by molar-refractivity contribution is -0.387. The Kier molecular flexibility index (Phi) is 3.40. The number of nitro benzene ring substituents is 1. The maximum Gasteiger partial charge on any atom is 0.283 e. The van der Waals surface area contributed by atoms with Crippen LogP contribution in [0.2, 0.25) is 0 Å². The Bertz CT molecular complexity index is 527. The van der Waals surface area contributed by atoms with Gasteiger partial charge in [-0.25, -0.2) is 4.98 Å². The Morgan fingerprint density at radius 1 is 1.53 bits per heavy atom. The van der Waals surface area contributed by atoms with Gasteiger partial charge in [0.1, 0.15) is 6.26 Å². The van der Waals surface area contributed by atoms with Gasteiger partial charge in [-0.15, -0.1) is 0 Å². The smallest absolute Gasteiger partial charge is 0.283 e. The standard InChI is InChI=1S/C10H8N2O4S/c13-6-7-1-2-9(8(5-7)12(14)15)17-10-11-3-4-16-10/h1-5,13H,6H2. The normalized spacial score (nSPS) is 10.4. The van der Waals surface area contributed by atoms with E-state index in [4.69, 9.17) is 9.52 Å². The molecule has 2 rings (SSSR count). The molecule has 1 heterocycles. The summed E-state index contributed by atoms with van der Waals surface area (Å²) >= 11 is 1.07. The van der Waals surface area contributed by atoms with Crippen LogP contribution in [-0.4, -0.2) is 15.0 Å². The topological polar surface area (TPSA) is 89.4 Å². The molecule has 0 atom stereocenters. The summed E-state index contributed by atoms with van der Waals surface area (Å²) in [6.07, 6.45) is 2.87. The minimum atomic E-state index is -0.496. The fourth-order valence-electron chi connectivity index (χ4n) is 1.25. The van der Waals surface area contributed by atoms with Gasteiger partial charge in [-0.3, -0.25) is 10.1 Å². The predicted molar refractivity (Wildman–Crippen MR) is 59.6 cm³/mol. The van der Waals surface area contributed by atoms with E-state index >= 15 is 0 Å². The maximum atomic E-state index is 10.9. The fourth-order valence-corrected chi connectivity index (χ4v) is 2.02. The fraction of sp³-hybridized carbons (Fsp3) is 0.100. The van der Waals surface area contributed by atoms with E-state index in [2.05, 4.69) is 4.98 Å². The lowest BCUT2D eigenvalue weighted by Gasteiger charge is -2.01. The van der Waals surface area contributed by atoms with Crippen LogP contribution in [0.4, 0.5) is 5.69 Å². The lowest BCUT2D eigenvalue weighted by Crippen LogP contribution is -1.93. The van der Waals surface area contributed by atoms with E-state index in [1.165, 1.54) is 18.5 Å². The molecule has 0 unspecified atom stereocenters. The zero-order valence-electron chi connectivity index (χ0n) is 8.57. The average Bonchev–Trinajstić information content (AvgIpc) is 2.82. The minimum Gasteiger partial charge on any atom is -0.440 e. The molecule has 0 aliphatic rings. The molecule has 7 heteroatoms. The second-order valence-electron chi connectivity index (χ2n) is 3.12. The number of nitro groups is 1. The van der Waals surface area contributed by atoms with E-state index < -0.39 is 4.92 Å². The lowest BCUT2D eigenvalue weighted by atomic mass is 10.2. The molecule has 0 saturated carbocycles. The Balaban J connectivity index is 2.36. The van der Waals surface area contributed by atoms with Crippen molar-refractivity contribution in [2.24, 2.45) is 0 Å². The van der Waals surface area contributed by atoms with Crippen LogP contribution in [0.1, 0.15) is 5.56 Å². The molecule has 0 bridgehead atoms. The van der Waals surface area contributed by atoms with Crippen LogP contribution in [0, 0.1) is 10.1 Å². The molecule has 0 spiro atoms. The van der Waals surface area contributed by atoms with E-state index in [1.807, 2.05) is 0 Å². The second-order valence-corrected chi connectivity index (χ2v) is 4.11. The van der Waals surface area contributed by atoms with E-state index in [0.29, 0.717) is 15.7 Å². The third kappa shape index (κ3) is 2.63. The van der Waals surface area contributed by atoms with Crippen molar-refractivity contribution in [3.63, 3.8) is 0 Å². The van der Waals surface area contributed by atoms with Gasteiger partial charge in [0.25, 0.3) is 10.9 Å². The van der Waals surface area contributed by atoms with Crippen molar-refractivity contribution in [3.8, 4) is 0 Å². The monoisotopic (exact) mass is 252 g/mol. The van der Waals surface area contributed by atoms with Crippen LogP contribution in [-0.2, 0) is 6.61 Å². The highest BCUT2D eigenvalue weighted by Gasteiger charge is 2.17. The summed E-state index contributed by atoms with van der Waals surface area (Å²) in [7, 11) is 0. The van der Waals surface area contributed by atoms with Gasteiger partial charge < -0.3 is 9.52 Å². The van der Waals surface area contributed by atoms with Crippen molar-refractivity contribution < 1.29 is 14.4 Å². The molecule has 6 nitrogen and oxygen atoms in total. The molecule has 0 saturated heterocycles. The number of aliphatic hydroxyl groups is 1. The van der Waals surface area contributed by atoms with Gasteiger partial charge in [0.2, 0.25) is 0 Å². The van der Waals surface area contributed by atoms with Crippen molar-refractivity contribution in [2.75, 3.05) is 0 Å². The van der Waals surface area contributed by atoms with Gasteiger partial charge in [0.15, 0.2) is 0 Å². The summed E-state index contributed by atoms with van der Waals surface area (Å²) in [6.45, 7) is -0.231. The molecule has 0 radical (unpaired) electrons. The third-order valence-corrected chi connectivity index (χ3v) is 2.95. The number of hydrogen-bond donors (Lipinski definition) is 1. The summed E-state index contributed by atoms with van der Waals surface area (Å²) in [5.74, 6) is 0. The highest BCUT2D eigenvalue weighted by atomic mass is 32.2. The van der Waals surface area contributed by atoms with Gasteiger partial charge >= 0.3 is 0 Å². The molecule has 0 fully saturated rings. The van der Waals surface area contributed by atoms with Gasteiger partial charge in [0.05, 0.1) is 22.6 Å². The van der Waals surface area contributed by atoms with Crippen molar-refractivity contribution >= 4 is 17.4 Å². The van der Waals surface area contributed by atoms with Gasteiger partial charge in [-0.2, -0.15) is 0 Å². The first-order chi connectivity index (χ1) is 8.20. The van der Waals surface area contributed by atoms with Crippen LogP contribution in [0.25, 0.3) is 0 Å². The number of aromatic nitrogens is 1. The quantitative estimate of drug-likeness (QED) is 0.662. The molecule has 0 aliphatic carbocycles. The molecule has 88 valence electrons. The minimum absolute atomic E-state index is 0.0697. The van der Waals surface area contributed by atoms with Crippen LogP contribution >= 0.6 is 11.8 Å². The van der Waals surface area contributed by atoms with E-state index in [9.17, 15) is 10.1 Å². The molecular formula is C10H8N2O4S. The Morgan fingerprint density at radius 3 is 2.94 bits per heavy atom. The number of aliphatic hydroxyl groups excluding tert-OH is 1. The average molecular weight is 252 g/mol. The maximum absolute atomic E-state index is 10.9. The van der Waals surface area contributed by atoms with Crippen LogP contribution in [0.5, 0.6) is 0 Å². The molecule has 1 aromatic heterocycles. The van der Waals surface area contributed by atoms with Crippen LogP contribution in [0.15, 0.2) is 45.2 Å². The Morgan fingerprint density at radius 2 is 2.35 bits per heavy atom. The Hall–Kier alpha value is -1.86. The SMILES string of the molecule is O=[N+]([O-])c1cc(CO)ccc1Sc1ncco1. The molecule has 17 heavy (non-hydrogen) atoms. The zero-order chi connectivity index (χ0) is 12.3. The van der Waals surface area contributed by atoms with E-state index in [1.54, 1.807) is 12.1 Å². The van der Waals surface area contributed by atoms with Crippen molar-refractivity contribution in [2.45, 2.75) is 16.7 Å². The third-order valence-electron chi connectivity index (χ3n) is 2.01. The van der Waals surface area contributed by atoms with Crippen molar-refractivity contribution in [1.82, 2.24) is 4.98 Å². The predicted octanol–water partition coefficient (Wildman–Crippen LogP) is 2.23. The van der Waals surface area contributed by atoms with Crippen molar-refractivity contribution in [1.29, 1.82) is 0 Å². The molecule has 1 N–H and O–H groups in total. The summed E-state index contributed by atoms with van der Waals surface area (Å²) < 4.78 is 5.01. The zero-order valence-corrected chi connectivity index (χ0v) is 9.38. The first-order valence-electron chi connectivity index (χ1n) is 4.66. The first kappa shape index (κ1) is 11.6. The van der Waals surface area contributed by atoms with E-state index in [-0.39, 0.29) is 12.3 Å². The largest absolute Gasteiger partial charge is 0.440 e. The summed E-state index contributed by atoms with van der Waals surface area (Å²) in [5.41, 5.74) is 0.424. The van der Waals surface area contributed by atoms with Gasteiger partial charge in [0, 0.05) is 6.07 Å². The van der Waals surface area contributed by atoms with Gasteiger partial charge in [-0.05, 0) is 23.4 Å². The number of hydrogen-bond acceptors (Lipinski definition) is 6. The second kappa shape index (κ2) is 4.98. The summed E-state index contributed by atoms with van der Waals surface area (Å²) in [6, 6.07) is 4.53. The van der Waals surface area contributed by atoms with Crippen LogP contribution in [0.3, 0.4) is 0 Å². The highest BCUT2D eigenvalue weighted by Crippen LogP contribution is 2.34. The number of rotatable bonds is 4. The summed E-state index contributed by atoms with van der Waals surface area (Å²) in [5, 5.41) is 20.1. The van der Waals surface area contributed by atoms with Crippen LogP contribution < -0.4 is 0 Å². The highest BCUT2D eigenvalue weighted by molar-refractivity contribution is 7.99. The van der Waals surface area contributed by atoms with Gasteiger partial charge in [-0.1, -0.05) is 6.07 Å². The first-order valence-corrected chi connectivity index (χ1v) is 5.48. The van der Waals surface area contributed by atoms with E-state index in [0.717, 1.165) is 11.8 Å². The number of benzene rings is 1. The molecule has 0 aliphatic heterocycles. The van der Waals surface area contributed by atoms with Crippen molar-refractivity contribution in [3.05, 3.63) is 46.3 Å². The molecule has 0 amide bonds.